The molecule has 0 fully saturated rings. The minimum atomic E-state index is 0.837. The van der Waals surface area contributed by atoms with E-state index >= 15 is 0 Å². The van der Waals surface area contributed by atoms with E-state index in [0.717, 1.165) is 33.0 Å². The lowest BCUT2D eigenvalue weighted by molar-refractivity contribution is 0.788. The number of thioether (sulfide) groups is 2. The summed E-state index contributed by atoms with van der Waals surface area (Å²) in [6.07, 6.45) is 2.84. The first-order valence-corrected chi connectivity index (χ1v) is 7.96. The second-order valence-electron chi connectivity index (χ2n) is 3.71. The smallest absolute Gasteiger partial charge is 0.190 e. The van der Waals surface area contributed by atoms with Crippen molar-refractivity contribution in [3.8, 4) is 0 Å². The van der Waals surface area contributed by atoms with Crippen molar-refractivity contribution in [2.75, 3.05) is 11.5 Å². The monoisotopic (exact) mass is 299 g/mol. The minimum Gasteiger partial charge on any atom is -0.312 e. The zero-order valence-corrected chi connectivity index (χ0v) is 12.4. The maximum Gasteiger partial charge on any atom is 0.190 e. The van der Waals surface area contributed by atoms with Crippen molar-refractivity contribution in [3.63, 3.8) is 0 Å². The number of nitrogens with zero attached hydrogens (tertiary/aromatic N) is 3. The lowest BCUT2D eigenvalue weighted by Crippen LogP contribution is -1.91. The number of hydrogen-bond donors (Lipinski definition) is 0. The van der Waals surface area contributed by atoms with Crippen molar-refractivity contribution in [3.05, 3.63) is 35.6 Å². The van der Waals surface area contributed by atoms with E-state index in [4.69, 9.17) is 11.6 Å². The summed E-state index contributed by atoms with van der Waals surface area (Å²) in [5, 5.41) is 9.69. The van der Waals surface area contributed by atoms with Gasteiger partial charge in [0.2, 0.25) is 0 Å². The van der Waals surface area contributed by atoms with Crippen LogP contribution in [0.3, 0.4) is 0 Å². The Morgan fingerprint density at radius 2 is 2.00 bits per heavy atom. The van der Waals surface area contributed by atoms with Crippen molar-refractivity contribution in [1.29, 1.82) is 0 Å². The van der Waals surface area contributed by atoms with Crippen molar-refractivity contribution >= 4 is 35.1 Å². The van der Waals surface area contributed by atoms with E-state index in [-0.39, 0.29) is 0 Å². The molecule has 0 saturated carbocycles. The maximum absolute atomic E-state index is 6.09. The molecule has 0 amide bonds. The van der Waals surface area contributed by atoms with Crippen LogP contribution in [0.4, 0.5) is 0 Å². The third-order valence-corrected chi connectivity index (χ3v) is 5.01. The van der Waals surface area contributed by atoms with Crippen molar-refractivity contribution in [2.24, 2.45) is 7.05 Å². The average molecular weight is 300 g/mol. The van der Waals surface area contributed by atoms with Crippen molar-refractivity contribution in [2.45, 2.75) is 16.5 Å². The zero-order chi connectivity index (χ0) is 12.8. The molecule has 2 aromatic rings. The first-order valence-electron chi connectivity index (χ1n) is 5.61. The molecular formula is C12H14ClN3S2. The Hall–Kier alpha value is -0.650. The Morgan fingerprint density at radius 1 is 1.22 bits per heavy atom. The highest BCUT2D eigenvalue weighted by atomic mass is 35.5. The summed E-state index contributed by atoms with van der Waals surface area (Å²) >= 11 is 9.63. The Morgan fingerprint density at radius 3 is 2.72 bits per heavy atom. The van der Waals surface area contributed by atoms with Crippen LogP contribution in [-0.4, -0.2) is 26.3 Å². The molecule has 0 aliphatic heterocycles. The number of aromatic nitrogens is 3. The first kappa shape index (κ1) is 13.8. The van der Waals surface area contributed by atoms with Gasteiger partial charge in [-0.05, 0) is 24.3 Å². The Balaban J connectivity index is 1.68. The predicted octanol–water partition coefficient (Wildman–Crippen LogP) is 3.74. The Kier molecular flexibility index (Phi) is 5.41. The van der Waals surface area contributed by atoms with Crippen LogP contribution in [0.1, 0.15) is 6.42 Å². The summed E-state index contributed by atoms with van der Waals surface area (Å²) in [5.74, 6) is 2.11. The van der Waals surface area contributed by atoms with Gasteiger partial charge in [0.15, 0.2) is 5.16 Å². The highest BCUT2D eigenvalue weighted by Gasteiger charge is 2.02. The highest BCUT2D eigenvalue weighted by Crippen LogP contribution is 2.27. The summed E-state index contributed by atoms with van der Waals surface area (Å²) in [6, 6.07) is 7.96. The molecule has 0 radical (unpaired) electrons. The molecule has 2 rings (SSSR count). The second-order valence-corrected chi connectivity index (χ2v) is 6.31. The van der Waals surface area contributed by atoms with Crippen LogP contribution in [-0.2, 0) is 7.05 Å². The number of halogens is 1. The number of hydrogen-bond acceptors (Lipinski definition) is 4. The molecule has 0 saturated heterocycles. The van der Waals surface area contributed by atoms with Gasteiger partial charge < -0.3 is 4.57 Å². The molecule has 0 bridgehead atoms. The zero-order valence-electron chi connectivity index (χ0n) is 10.0. The summed E-state index contributed by atoms with van der Waals surface area (Å²) in [7, 11) is 1.96. The van der Waals surface area contributed by atoms with Crippen LogP contribution >= 0.6 is 35.1 Å². The predicted molar refractivity (Wildman–Crippen MR) is 78.5 cm³/mol. The largest absolute Gasteiger partial charge is 0.312 e. The third-order valence-electron chi connectivity index (χ3n) is 2.28. The van der Waals surface area contributed by atoms with Crippen LogP contribution in [0.15, 0.2) is 40.6 Å². The van der Waals surface area contributed by atoms with Gasteiger partial charge in [-0.2, -0.15) is 0 Å². The fourth-order valence-corrected chi connectivity index (χ4v) is 3.57. The van der Waals surface area contributed by atoms with Crippen LogP contribution < -0.4 is 0 Å². The lowest BCUT2D eigenvalue weighted by atomic mass is 10.4. The molecule has 0 unspecified atom stereocenters. The summed E-state index contributed by atoms with van der Waals surface area (Å²) in [6.45, 7) is 0. The van der Waals surface area contributed by atoms with Crippen LogP contribution in [0.2, 0.25) is 5.02 Å². The van der Waals surface area contributed by atoms with E-state index in [1.165, 1.54) is 0 Å². The Bertz CT molecular complexity index is 502. The number of benzene rings is 1. The van der Waals surface area contributed by atoms with E-state index in [2.05, 4.69) is 16.3 Å². The minimum absolute atomic E-state index is 0.837. The van der Waals surface area contributed by atoms with E-state index in [1.807, 2.05) is 29.8 Å². The molecule has 1 heterocycles. The quantitative estimate of drug-likeness (QED) is 0.600. The molecule has 18 heavy (non-hydrogen) atoms. The van der Waals surface area contributed by atoms with Gasteiger partial charge in [-0.3, -0.25) is 0 Å². The van der Waals surface area contributed by atoms with E-state index < -0.39 is 0 Å². The van der Waals surface area contributed by atoms with Crippen LogP contribution in [0.5, 0.6) is 0 Å². The van der Waals surface area contributed by atoms with Gasteiger partial charge in [0, 0.05) is 17.7 Å². The number of aryl methyl sites for hydroxylation is 1. The second kappa shape index (κ2) is 7.07. The van der Waals surface area contributed by atoms with E-state index in [1.54, 1.807) is 29.9 Å². The fraction of sp³-hybridized carbons (Fsp3) is 0.333. The first-order chi connectivity index (χ1) is 8.77. The van der Waals surface area contributed by atoms with Gasteiger partial charge in [0.25, 0.3) is 0 Å². The molecule has 0 spiro atoms. The van der Waals surface area contributed by atoms with Gasteiger partial charge in [-0.1, -0.05) is 35.5 Å². The molecule has 0 N–H and O–H groups in total. The van der Waals surface area contributed by atoms with Gasteiger partial charge in [0.05, 0.1) is 5.02 Å². The standard InChI is InChI=1S/C12H14ClN3S2/c1-16-9-14-15-12(16)18-8-4-7-17-11-6-3-2-5-10(11)13/h2-3,5-6,9H,4,7-8H2,1H3. The van der Waals surface area contributed by atoms with Crippen molar-refractivity contribution < 1.29 is 0 Å². The molecule has 0 aliphatic rings. The molecule has 3 nitrogen and oxygen atoms in total. The Labute approximate surface area is 120 Å². The molecule has 1 aromatic carbocycles. The highest BCUT2D eigenvalue weighted by molar-refractivity contribution is 8.00. The summed E-state index contributed by atoms with van der Waals surface area (Å²) in [5.41, 5.74) is 0. The lowest BCUT2D eigenvalue weighted by Gasteiger charge is -2.03. The molecule has 6 heteroatoms. The van der Waals surface area contributed by atoms with E-state index in [0.29, 0.717) is 0 Å². The average Bonchev–Trinajstić information content (AvgIpc) is 2.77. The normalized spacial score (nSPS) is 10.8. The van der Waals surface area contributed by atoms with Gasteiger partial charge >= 0.3 is 0 Å². The number of rotatable bonds is 6. The van der Waals surface area contributed by atoms with Crippen LogP contribution in [0.25, 0.3) is 0 Å². The fourth-order valence-electron chi connectivity index (χ4n) is 1.37. The van der Waals surface area contributed by atoms with Gasteiger partial charge in [0.1, 0.15) is 6.33 Å². The molecular weight excluding hydrogens is 286 g/mol. The molecule has 0 atom stereocenters. The van der Waals surface area contributed by atoms with Gasteiger partial charge in [-0.15, -0.1) is 22.0 Å². The summed E-state index contributed by atoms with van der Waals surface area (Å²) in [4.78, 5) is 1.16. The topological polar surface area (TPSA) is 30.7 Å². The van der Waals surface area contributed by atoms with Crippen molar-refractivity contribution in [1.82, 2.24) is 14.8 Å². The van der Waals surface area contributed by atoms with E-state index in [9.17, 15) is 0 Å². The molecule has 96 valence electrons. The SMILES string of the molecule is Cn1cnnc1SCCCSc1ccccc1Cl. The summed E-state index contributed by atoms with van der Waals surface area (Å²) < 4.78 is 1.94. The van der Waals surface area contributed by atoms with Gasteiger partial charge in [-0.25, -0.2) is 0 Å². The van der Waals surface area contributed by atoms with Crippen LogP contribution in [0, 0.1) is 0 Å². The maximum atomic E-state index is 6.09. The third kappa shape index (κ3) is 3.93. The molecule has 1 aromatic heterocycles. The molecule has 0 aliphatic carbocycles.